The number of hydrogen-bond donors (Lipinski definition) is 3. The molecule has 2 fully saturated rings. The zero-order chi connectivity index (χ0) is 20.5. The number of piperidine rings is 2. The van der Waals surface area contributed by atoms with Gasteiger partial charge in [0.2, 0.25) is 5.95 Å². The fourth-order valence-corrected chi connectivity index (χ4v) is 5.45. The number of fused-ring (bicyclic) bond motifs is 1. The normalized spacial score (nSPS) is 22.4. The lowest BCUT2D eigenvalue weighted by Gasteiger charge is -2.32. The summed E-state index contributed by atoms with van der Waals surface area (Å²) in [4.78, 5) is 28.2. The molecule has 0 spiro atoms. The van der Waals surface area contributed by atoms with Gasteiger partial charge < -0.3 is 15.5 Å². The lowest BCUT2D eigenvalue weighted by atomic mass is 10.0. The summed E-state index contributed by atoms with van der Waals surface area (Å²) < 4.78 is 1.08. The number of H-pyrrole nitrogens is 1. The molecule has 2 atom stereocenters. The van der Waals surface area contributed by atoms with Crippen molar-refractivity contribution in [3.63, 3.8) is 0 Å². The second kappa shape index (κ2) is 8.35. The van der Waals surface area contributed by atoms with Crippen LogP contribution in [0.3, 0.4) is 0 Å². The van der Waals surface area contributed by atoms with Gasteiger partial charge in [-0.05, 0) is 50.3 Å². The smallest absolute Gasteiger partial charge is 0.264 e. The molecule has 2 saturated heterocycles. The molecule has 2 aliphatic rings. The first-order chi connectivity index (χ1) is 14.7. The van der Waals surface area contributed by atoms with E-state index in [9.17, 15) is 4.79 Å². The standard InChI is InChI=1S/C22H28N6OS/c1-14-6-5-11-28(13-14)22-26-19(24-15-7-4-10-23-12-15)18(20(29)27-22)21-25-16-8-2-3-9-17(16)30-21/h2-3,8-9,14-15,23H,4-7,10-13H2,1H3,(H2,24,26,27,29)/t14?,15-/m1/s1. The van der Waals surface area contributed by atoms with Crippen molar-refractivity contribution in [1.29, 1.82) is 0 Å². The Kier molecular flexibility index (Phi) is 5.43. The predicted molar refractivity (Wildman–Crippen MR) is 124 cm³/mol. The maximum atomic E-state index is 13.3. The summed E-state index contributed by atoms with van der Waals surface area (Å²) >= 11 is 1.54. The summed E-state index contributed by atoms with van der Waals surface area (Å²) in [5, 5.41) is 7.72. The Hall–Kier alpha value is -2.45. The Labute approximate surface area is 179 Å². The third-order valence-electron chi connectivity index (χ3n) is 6.01. The van der Waals surface area contributed by atoms with E-state index in [1.807, 2.05) is 24.3 Å². The van der Waals surface area contributed by atoms with E-state index >= 15 is 0 Å². The van der Waals surface area contributed by atoms with Crippen molar-refractivity contribution in [3.8, 4) is 10.6 Å². The number of thiazole rings is 1. The Morgan fingerprint density at radius 3 is 2.90 bits per heavy atom. The zero-order valence-corrected chi connectivity index (χ0v) is 18.1. The molecule has 1 aromatic carbocycles. The molecule has 0 aliphatic carbocycles. The minimum Gasteiger partial charge on any atom is -0.365 e. The summed E-state index contributed by atoms with van der Waals surface area (Å²) in [6.45, 7) is 6.03. The van der Waals surface area contributed by atoms with E-state index in [2.05, 4.69) is 27.4 Å². The molecule has 4 heterocycles. The highest BCUT2D eigenvalue weighted by atomic mass is 32.1. The van der Waals surface area contributed by atoms with Crippen molar-refractivity contribution in [2.45, 2.75) is 38.6 Å². The van der Waals surface area contributed by atoms with Crippen molar-refractivity contribution in [1.82, 2.24) is 20.3 Å². The molecule has 2 aromatic heterocycles. The number of rotatable bonds is 4. The van der Waals surface area contributed by atoms with Crippen LogP contribution in [0.25, 0.3) is 20.8 Å². The molecule has 8 heteroatoms. The molecule has 0 saturated carbocycles. The van der Waals surface area contributed by atoms with Crippen LogP contribution in [-0.2, 0) is 0 Å². The van der Waals surface area contributed by atoms with Crippen molar-refractivity contribution in [3.05, 3.63) is 34.6 Å². The zero-order valence-electron chi connectivity index (χ0n) is 17.3. The molecule has 3 aromatic rings. The van der Waals surface area contributed by atoms with Crippen LogP contribution in [0, 0.1) is 5.92 Å². The maximum absolute atomic E-state index is 13.3. The minimum atomic E-state index is -0.122. The molecule has 0 radical (unpaired) electrons. The number of para-hydroxylation sites is 1. The lowest BCUT2D eigenvalue weighted by Crippen LogP contribution is -2.40. The fraction of sp³-hybridized carbons (Fsp3) is 0.500. The first-order valence-electron chi connectivity index (χ1n) is 10.9. The quantitative estimate of drug-likeness (QED) is 0.595. The molecule has 7 nitrogen and oxygen atoms in total. The number of aromatic amines is 1. The fourth-order valence-electron chi connectivity index (χ4n) is 4.44. The highest BCUT2D eigenvalue weighted by Crippen LogP contribution is 2.33. The van der Waals surface area contributed by atoms with Gasteiger partial charge in [-0.2, -0.15) is 4.98 Å². The van der Waals surface area contributed by atoms with Crippen molar-refractivity contribution < 1.29 is 0 Å². The number of nitrogens with zero attached hydrogens (tertiary/aromatic N) is 3. The first-order valence-corrected chi connectivity index (χ1v) is 11.7. The van der Waals surface area contributed by atoms with Crippen LogP contribution >= 0.6 is 11.3 Å². The van der Waals surface area contributed by atoms with Gasteiger partial charge in [-0.25, -0.2) is 4.98 Å². The van der Waals surface area contributed by atoms with Crippen molar-refractivity contribution >= 4 is 33.3 Å². The average Bonchev–Trinajstić information content (AvgIpc) is 3.18. The Bertz CT molecular complexity index is 1050. The largest absolute Gasteiger partial charge is 0.365 e. The summed E-state index contributed by atoms with van der Waals surface area (Å²) in [5.74, 6) is 1.93. The number of nitrogens with one attached hydrogen (secondary N) is 3. The Morgan fingerprint density at radius 1 is 1.20 bits per heavy atom. The van der Waals surface area contributed by atoms with Gasteiger partial charge in [-0.3, -0.25) is 9.78 Å². The van der Waals surface area contributed by atoms with Gasteiger partial charge in [0.15, 0.2) is 0 Å². The molecule has 3 N–H and O–H groups in total. The molecule has 0 bridgehead atoms. The molecule has 1 unspecified atom stereocenters. The highest BCUT2D eigenvalue weighted by molar-refractivity contribution is 7.21. The Morgan fingerprint density at radius 2 is 2.10 bits per heavy atom. The molecule has 5 rings (SSSR count). The summed E-state index contributed by atoms with van der Waals surface area (Å²) in [6.07, 6.45) is 4.54. The van der Waals surface area contributed by atoms with Crippen LogP contribution in [0.2, 0.25) is 0 Å². The molecule has 0 amide bonds. The monoisotopic (exact) mass is 424 g/mol. The van der Waals surface area contributed by atoms with Gasteiger partial charge in [0.1, 0.15) is 16.4 Å². The van der Waals surface area contributed by atoms with Gasteiger partial charge >= 0.3 is 0 Å². The van der Waals surface area contributed by atoms with Gasteiger partial charge in [0.25, 0.3) is 5.56 Å². The number of aromatic nitrogens is 3. The maximum Gasteiger partial charge on any atom is 0.264 e. The molecule has 2 aliphatic heterocycles. The van der Waals surface area contributed by atoms with Crippen LogP contribution in [0.5, 0.6) is 0 Å². The van der Waals surface area contributed by atoms with E-state index in [0.29, 0.717) is 23.2 Å². The van der Waals surface area contributed by atoms with Crippen LogP contribution < -0.4 is 21.1 Å². The molecular formula is C22H28N6OS. The second-order valence-electron chi connectivity index (χ2n) is 8.48. The molecule has 158 valence electrons. The minimum absolute atomic E-state index is 0.122. The predicted octanol–water partition coefficient (Wildman–Crippen LogP) is 3.45. The summed E-state index contributed by atoms with van der Waals surface area (Å²) in [7, 11) is 0. The lowest BCUT2D eigenvalue weighted by molar-refractivity contribution is 0.441. The van der Waals surface area contributed by atoms with Crippen LogP contribution in [0.1, 0.15) is 32.6 Å². The van der Waals surface area contributed by atoms with Gasteiger partial charge in [-0.15, -0.1) is 11.3 Å². The third-order valence-corrected chi connectivity index (χ3v) is 7.06. The highest BCUT2D eigenvalue weighted by Gasteiger charge is 2.24. The summed E-state index contributed by atoms with van der Waals surface area (Å²) in [6, 6.07) is 8.26. The molecular weight excluding hydrogens is 396 g/mol. The SMILES string of the molecule is CC1CCCN(c2nc(N[C@@H]3CCCNC3)c(-c3nc4ccccc4s3)c(=O)[nH]2)C1. The van der Waals surface area contributed by atoms with Crippen LogP contribution in [0.4, 0.5) is 11.8 Å². The second-order valence-corrected chi connectivity index (χ2v) is 9.51. The van der Waals surface area contributed by atoms with Gasteiger partial charge in [-0.1, -0.05) is 19.1 Å². The number of benzene rings is 1. The van der Waals surface area contributed by atoms with E-state index in [0.717, 1.165) is 60.7 Å². The molecule has 30 heavy (non-hydrogen) atoms. The van der Waals surface area contributed by atoms with E-state index in [1.165, 1.54) is 6.42 Å². The van der Waals surface area contributed by atoms with E-state index < -0.39 is 0 Å². The van der Waals surface area contributed by atoms with Crippen LogP contribution in [-0.4, -0.2) is 47.2 Å². The number of hydrogen-bond acceptors (Lipinski definition) is 7. The van der Waals surface area contributed by atoms with Gasteiger partial charge in [0, 0.05) is 25.7 Å². The van der Waals surface area contributed by atoms with E-state index in [-0.39, 0.29) is 11.6 Å². The van der Waals surface area contributed by atoms with Crippen molar-refractivity contribution in [2.24, 2.45) is 5.92 Å². The van der Waals surface area contributed by atoms with E-state index in [1.54, 1.807) is 11.3 Å². The van der Waals surface area contributed by atoms with Gasteiger partial charge in [0.05, 0.1) is 10.2 Å². The number of anilines is 2. The van der Waals surface area contributed by atoms with Crippen LogP contribution in [0.15, 0.2) is 29.1 Å². The Balaban J connectivity index is 1.57. The van der Waals surface area contributed by atoms with Crippen molar-refractivity contribution in [2.75, 3.05) is 36.4 Å². The first kappa shape index (κ1) is 19.5. The topological polar surface area (TPSA) is 85.9 Å². The summed E-state index contributed by atoms with van der Waals surface area (Å²) in [5.41, 5.74) is 1.34. The van der Waals surface area contributed by atoms with E-state index in [4.69, 9.17) is 9.97 Å². The average molecular weight is 425 g/mol. The third kappa shape index (κ3) is 3.94.